The molecule has 2 aromatic rings. The average Bonchev–Trinajstić information content (AvgIpc) is 3.09. The summed E-state index contributed by atoms with van der Waals surface area (Å²) in [6.45, 7) is 17.5. The Kier molecular flexibility index (Phi) is 10.2. The van der Waals surface area contributed by atoms with Crippen LogP contribution in [-0.4, -0.2) is 40.6 Å². The van der Waals surface area contributed by atoms with Crippen LogP contribution < -0.4 is 16.4 Å². The minimum absolute atomic E-state index is 0.0419. The number of carbonyl (C=O) groups excluding carboxylic acids is 2. The summed E-state index contributed by atoms with van der Waals surface area (Å²) >= 11 is 0. The van der Waals surface area contributed by atoms with Crippen molar-refractivity contribution in [3.05, 3.63) is 59.2 Å². The third-order valence-electron chi connectivity index (χ3n) is 16.1. The van der Waals surface area contributed by atoms with Crippen molar-refractivity contribution in [3.8, 4) is 0 Å². The molecular formula is C44H63N3O5. The minimum Gasteiger partial charge on any atom is -0.478 e. The van der Waals surface area contributed by atoms with Crippen LogP contribution in [0.5, 0.6) is 0 Å². The number of hydrogen-bond donors (Lipinski definition) is 5. The van der Waals surface area contributed by atoms with E-state index in [1.807, 2.05) is 18.2 Å². The molecule has 0 bridgehead atoms. The molecule has 4 saturated carbocycles. The van der Waals surface area contributed by atoms with Crippen molar-refractivity contribution in [3.63, 3.8) is 0 Å². The Bertz CT molecular complexity index is 1710. The first-order valence-corrected chi connectivity index (χ1v) is 19.9. The number of carboxylic acid groups (broad SMARTS) is 1. The van der Waals surface area contributed by atoms with E-state index in [0.717, 1.165) is 44.1 Å². The van der Waals surface area contributed by atoms with E-state index in [9.17, 15) is 24.6 Å². The van der Waals surface area contributed by atoms with Gasteiger partial charge in [0.1, 0.15) is 0 Å². The van der Waals surface area contributed by atoms with Crippen LogP contribution in [-0.2, 0) is 11.2 Å². The number of nitrogens with one attached hydrogen (secondary N) is 2. The molecule has 6 rings (SSSR count). The molecule has 4 fully saturated rings. The van der Waals surface area contributed by atoms with Gasteiger partial charge in [0.05, 0.1) is 28.5 Å². The predicted octanol–water partition coefficient (Wildman–Crippen LogP) is 8.73. The number of carboxylic acids is 1. The molecule has 0 aromatic heterocycles. The Balaban J connectivity index is 1.14. The van der Waals surface area contributed by atoms with Crippen LogP contribution in [0.2, 0.25) is 0 Å². The van der Waals surface area contributed by atoms with Crippen molar-refractivity contribution in [1.82, 2.24) is 5.32 Å². The lowest BCUT2D eigenvalue weighted by molar-refractivity contribution is -0.246. The summed E-state index contributed by atoms with van der Waals surface area (Å²) in [6, 6.07) is 11.5. The topological polar surface area (TPSA) is 142 Å². The fraction of sp³-hybridized carbons (Fsp3) is 0.659. The largest absolute Gasteiger partial charge is 0.478 e. The number of aliphatic hydroxyl groups is 1. The number of fused-ring (bicyclic) bond motifs is 5. The Morgan fingerprint density at radius 1 is 0.865 bits per heavy atom. The number of nitrogens with two attached hydrogens (primary N) is 1. The Morgan fingerprint density at radius 2 is 1.62 bits per heavy atom. The maximum atomic E-state index is 14.4. The molecule has 284 valence electrons. The number of carbonyl (C=O) groups is 3. The summed E-state index contributed by atoms with van der Waals surface area (Å²) in [5.41, 5.74) is 8.12. The molecule has 0 radical (unpaired) electrons. The van der Waals surface area contributed by atoms with E-state index >= 15 is 0 Å². The van der Waals surface area contributed by atoms with Gasteiger partial charge in [0.15, 0.2) is 0 Å². The van der Waals surface area contributed by atoms with E-state index in [1.54, 1.807) is 6.07 Å². The molecule has 4 aliphatic rings. The summed E-state index contributed by atoms with van der Waals surface area (Å²) in [5.74, 6) is 0.644. The zero-order valence-corrected chi connectivity index (χ0v) is 32.6. The zero-order valence-electron chi connectivity index (χ0n) is 32.6. The van der Waals surface area contributed by atoms with Gasteiger partial charge in [0.25, 0.3) is 5.91 Å². The van der Waals surface area contributed by atoms with E-state index in [-0.39, 0.29) is 62.4 Å². The second kappa shape index (κ2) is 13.8. The van der Waals surface area contributed by atoms with Crippen LogP contribution in [0.1, 0.15) is 139 Å². The van der Waals surface area contributed by atoms with Crippen LogP contribution in [0, 0.1) is 50.7 Å². The predicted molar refractivity (Wildman–Crippen MR) is 207 cm³/mol. The first-order valence-electron chi connectivity index (χ1n) is 19.9. The molecule has 9 atom stereocenters. The van der Waals surface area contributed by atoms with Gasteiger partial charge in [-0.05, 0) is 145 Å². The number of hydrogen-bond acceptors (Lipinski definition) is 5. The van der Waals surface area contributed by atoms with Crippen LogP contribution in [0.15, 0.2) is 42.5 Å². The second-order valence-electron chi connectivity index (χ2n) is 18.5. The quantitative estimate of drug-likeness (QED) is 0.165. The standard InChI is InChI=1S/C44H63N3O5/c1-8-19-44(39(52)46-24-18-28-10-9-11-29(25-28)37(49)47-33-26-30(38(50)51)12-14-32(33)45)23-22-42(6)31(27(44)2)13-15-35-41(5)20-17-36(48)40(3,4)34(41)16-21-43(35,42)7/h9-12,14,25-27,31,34-36,48H,8,13,15-24,45H2,1-7H3,(H,46,52)(H,47,49)(H,50,51)/t27?,31?,34?,35?,36?,41?,42-,43?,44?/m1/s1. The van der Waals surface area contributed by atoms with Gasteiger partial charge in [-0.3, -0.25) is 9.59 Å². The average molecular weight is 714 g/mol. The Labute approximate surface area is 311 Å². The summed E-state index contributed by atoms with van der Waals surface area (Å²) in [6.07, 6.45) is 11.0. The van der Waals surface area contributed by atoms with E-state index < -0.39 is 11.4 Å². The summed E-state index contributed by atoms with van der Waals surface area (Å²) < 4.78 is 0. The van der Waals surface area contributed by atoms with Gasteiger partial charge in [0, 0.05) is 12.1 Å². The van der Waals surface area contributed by atoms with E-state index in [2.05, 4.69) is 59.1 Å². The van der Waals surface area contributed by atoms with Crippen LogP contribution in [0.25, 0.3) is 0 Å². The highest BCUT2D eigenvalue weighted by Gasteiger charge is 2.69. The lowest BCUT2D eigenvalue weighted by Crippen LogP contribution is -2.67. The summed E-state index contributed by atoms with van der Waals surface area (Å²) in [4.78, 5) is 39.0. The molecule has 0 aliphatic heterocycles. The van der Waals surface area contributed by atoms with Crippen molar-refractivity contribution in [2.24, 2.45) is 50.7 Å². The highest BCUT2D eigenvalue weighted by molar-refractivity contribution is 6.06. The Hall–Kier alpha value is -3.39. The van der Waals surface area contributed by atoms with E-state index in [1.165, 1.54) is 43.9 Å². The monoisotopic (exact) mass is 713 g/mol. The van der Waals surface area contributed by atoms with Crippen molar-refractivity contribution in [2.75, 3.05) is 17.6 Å². The maximum absolute atomic E-state index is 14.4. The van der Waals surface area contributed by atoms with Gasteiger partial charge in [-0.25, -0.2) is 4.79 Å². The molecule has 0 spiro atoms. The van der Waals surface area contributed by atoms with Crippen LogP contribution in [0.4, 0.5) is 11.4 Å². The minimum atomic E-state index is -1.10. The highest BCUT2D eigenvalue weighted by atomic mass is 16.4. The van der Waals surface area contributed by atoms with Gasteiger partial charge in [0.2, 0.25) is 5.91 Å². The maximum Gasteiger partial charge on any atom is 0.335 e. The lowest BCUT2D eigenvalue weighted by Gasteiger charge is -2.72. The number of benzene rings is 2. The second-order valence-corrected chi connectivity index (χ2v) is 18.5. The molecule has 8 unspecified atom stereocenters. The SMILES string of the molecule is CCCC1(C(=O)NCCc2cccc(C(=O)Nc3cc(C(=O)O)ccc3N)c2)CC[C@]2(C)C(CCC3C4(C)CCC(O)C(C)(C)C4CCC32C)C1C. The summed E-state index contributed by atoms with van der Waals surface area (Å²) in [7, 11) is 0. The molecule has 4 aliphatic carbocycles. The molecule has 0 saturated heterocycles. The molecule has 8 nitrogen and oxygen atoms in total. The molecular weight excluding hydrogens is 651 g/mol. The Morgan fingerprint density at radius 3 is 2.33 bits per heavy atom. The normalized spacial score (nSPS) is 36.4. The molecule has 2 aromatic carbocycles. The van der Waals surface area contributed by atoms with Crippen LogP contribution >= 0.6 is 0 Å². The number of amides is 2. The highest BCUT2D eigenvalue weighted by Crippen LogP contribution is 2.75. The molecule has 8 heteroatoms. The number of anilines is 2. The first-order chi connectivity index (χ1) is 24.4. The third kappa shape index (κ3) is 6.05. The number of rotatable bonds is 9. The van der Waals surface area contributed by atoms with Gasteiger partial charge >= 0.3 is 5.97 Å². The lowest BCUT2D eigenvalue weighted by atomic mass is 9.32. The van der Waals surface area contributed by atoms with Gasteiger partial charge in [-0.2, -0.15) is 0 Å². The van der Waals surface area contributed by atoms with E-state index in [4.69, 9.17) is 5.73 Å². The number of nitrogen functional groups attached to an aromatic ring is 1. The zero-order chi connectivity index (χ0) is 37.9. The molecule has 0 heterocycles. The fourth-order valence-corrected chi connectivity index (χ4v) is 12.9. The van der Waals surface area contributed by atoms with Gasteiger partial charge < -0.3 is 26.6 Å². The van der Waals surface area contributed by atoms with Gasteiger partial charge in [-0.1, -0.05) is 67.0 Å². The first kappa shape index (κ1) is 38.3. The fourth-order valence-electron chi connectivity index (χ4n) is 12.9. The van der Waals surface area contributed by atoms with Gasteiger partial charge in [-0.15, -0.1) is 0 Å². The van der Waals surface area contributed by atoms with Crippen molar-refractivity contribution >= 4 is 29.2 Å². The molecule has 6 N–H and O–H groups in total. The van der Waals surface area contributed by atoms with Crippen molar-refractivity contribution < 1.29 is 24.6 Å². The number of aromatic carboxylic acids is 1. The third-order valence-corrected chi connectivity index (χ3v) is 16.1. The van der Waals surface area contributed by atoms with Crippen LogP contribution in [0.3, 0.4) is 0 Å². The molecule has 2 amide bonds. The molecule has 52 heavy (non-hydrogen) atoms. The number of aliphatic hydroxyl groups excluding tert-OH is 1. The van der Waals surface area contributed by atoms with Crippen molar-refractivity contribution in [2.45, 2.75) is 125 Å². The van der Waals surface area contributed by atoms with E-state index in [0.29, 0.717) is 36.3 Å². The van der Waals surface area contributed by atoms with Crippen molar-refractivity contribution in [1.29, 1.82) is 0 Å². The summed E-state index contributed by atoms with van der Waals surface area (Å²) in [5, 5.41) is 26.5. The smallest absolute Gasteiger partial charge is 0.335 e.